The SMILES string of the molecule is CC(=O)c1ccc(-c2ccc(/C=c3\sc4nc(-c5cccc(Cl)c5)nn4c3=O)o2)cc1. The second-order valence-corrected chi connectivity index (χ2v) is 8.34. The Balaban J connectivity index is 1.48. The van der Waals surface area contributed by atoms with Gasteiger partial charge in [0.05, 0.1) is 0 Å². The van der Waals surface area contributed by atoms with E-state index in [1.54, 1.807) is 36.4 Å². The highest BCUT2D eigenvalue weighted by molar-refractivity contribution is 7.15. The molecular formula is C23H14ClN3O3S. The van der Waals surface area contributed by atoms with Gasteiger partial charge in [0.25, 0.3) is 5.56 Å². The van der Waals surface area contributed by atoms with Crippen LogP contribution in [0.4, 0.5) is 0 Å². The minimum Gasteiger partial charge on any atom is -0.457 e. The van der Waals surface area contributed by atoms with Crippen LogP contribution in [0, 0.1) is 0 Å². The van der Waals surface area contributed by atoms with E-state index >= 15 is 0 Å². The second kappa shape index (κ2) is 7.61. The molecule has 5 rings (SSSR count). The van der Waals surface area contributed by atoms with Gasteiger partial charge >= 0.3 is 0 Å². The normalized spacial score (nSPS) is 12.0. The summed E-state index contributed by atoms with van der Waals surface area (Å²) in [5, 5.41) is 4.91. The van der Waals surface area contributed by atoms with Gasteiger partial charge in [0, 0.05) is 27.8 Å². The summed E-state index contributed by atoms with van der Waals surface area (Å²) in [6.45, 7) is 1.53. The number of halogens is 1. The van der Waals surface area contributed by atoms with Crippen molar-refractivity contribution in [2.75, 3.05) is 0 Å². The molecule has 0 saturated carbocycles. The molecule has 0 aliphatic carbocycles. The number of thiazole rings is 1. The van der Waals surface area contributed by atoms with E-state index in [9.17, 15) is 9.59 Å². The van der Waals surface area contributed by atoms with Gasteiger partial charge in [0.2, 0.25) is 4.96 Å². The molecule has 0 spiro atoms. The van der Waals surface area contributed by atoms with Gasteiger partial charge in [-0.3, -0.25) is 9.59 Å². The summed E-state index contributed by atoms with van der Waals surface area (Å²) >= 11 is 7.27. The Labute approximate surface area is 185 Å². The van der Waals surface area contributed by atoms with Gasteiger partial charge in [-0.05, 0) is 31.2 Å². The van der Waals surface area contributed by atoms with Crippen molar-refractivity contribution in [2.24, 2.45) is 0 Å². The topological polar surface area (TPSA) is 77.5 Å². The minimum atomic E-state index is -0.260. The molecule has 3 aromatic heterocycles. The minimum absolute atomic E-state index is 0.0119. The second-order valence-electron chi connectivity index (χ2n) is 6.89. The predicted octanol–water partition coefficient (Wildman–Crippen LogP) is 4.48. The lowest BCUT2D eigenvalue weighted by Gasteiger charge is -1.98. The summed E-state index contributed by atoms with van der Waals surface area (Å²) in [5.74, 6) is 1.66. The lowest BCUT2D eigenvalue weighted by atomic mass is 10.1. The van der Waals surface area contributed by atoms with Crippen molar-refractivity contribution in [1.29, 1.82) is 0 Å². The highest BCUT2D eigenvalue weighted by Crippen LogP contribution is 2.23. The standard InChI is InChI=1S/C23H14ClN3O3S/c1-13(28)14-5-7-15(8-6-14)19-10-9-18(30-19)12-20-22(29)27-23(31-20)25-21(26-27)16-3-2-4-17(24)11-16/h2-12H,1H3/b20-12-. The number of benzene rings is 2. The molecule has 0 aliphatic rings. The Morgan fingerprint density at radius 1 is 1.10 bits per heavy atom. The van der Waals surface area contributed by atoms with Crippen molar-refractivity contribution < 1.29 is 9.21 Å². The first-order valence-corrected chi connectivity index (χ1v) is 10.6. The number of aromatic nitrogens is 3. The van der Waals surface area contributed by atoms with Crippen LogP contribution < -0.4 is 10.1 Å². The van der Waals surface area contributed by atoms with Crippen molar-refractivity contribution >= 4 is 39.8 Å². The monoisotopic (exact) mass is 447 g/mol. The summed E-state index contributed by atoms with van der Waals surface area (Å²) in [6, 6.07) is 18.0. The third-order valence-electron chi connectivity index (χ3n) is 4.74. The largest absolute Gasteiger partial charge is 0.457 e. The third-order valence-corrected chi connectivity index (χ3v) is 5.94. The van der Waals surface area contributed by atoms with Crippen molar-refractivity contribution in [3.8, 4) is 22.7 Å². The van der Waals surface area contributed by atoms with E-state index in [0.29, 0.717) is 37.4 Å². The molecular weight excluding hydrogens is 434 g/mol. The van der Waals surface area contributed by atoms with Gasteiger partial charge in [-0.1, -0.05) is 59.3 Å². The average molecular weight is 448 g/mol. The number of furan rings is 1. The summed E-state index contributed by atoms with van der Waals surface area (Å²) in [7, 11) is 0. The molecule has 31 heavy (non-hydrogen) atoms. The van der Waals surface area contributed by atoms with Crippen molar-refractivity contribution in [3.05, 3.63) is 91.9 Å². The summed E-state index contributed by atoms with van der Waals surface area (Å²) < 4.78 is 7.63. The molecule has 0 saturated heterocycles. The Bertz CT molecular complexity index is 1550. The van der Waals surface area contributed by atoms with Crippen molar-refractivity contribution in [3.63, 3.8) is 0 Å². The first-order chi connectivity index (χ1) is 15.0. The molecule has 3 heterocycles. The lowest BCUT2D eigenvalue weighted by Crippen LogP contribution is -2.23. The van der Waals surface area contributed by atoms with Crippen molar-refractivity contribution in [1.82, 2.24) is 14.6 Å². The number of fused-ring (bicyclic) bond motifs is 1. The molecule has 0 fully saturated rings. The van der Waals surface area contributed by atoms with E-state index < -0.39 is 0 Å². The quantitative estimate of drug-likeness (QED) is 0.379. The maximum absolute atomic E-state index is 12.8. The van der Waals surface area contributed by atoms with E-state index in [4.69, 9.17) is 16.0 Å². The van der Waals surface area contributed by atoms with Gasteiger partial charge in [0.15, 0.2) is 11.6 Å². The summed E-state index contributed by atoms with van der Waals surface area (Å²) in [6.07, 6.45) is 1.68. The van der Waals surface area contributed by atoms with E-state index in [1.165, 1.54) is 22.8 Å². The molecule has 0 atom stereocenters. The van der Waals surface area contributed by atoms with Gasteiger partial charge in [-0.2, -0.15) is 9.50 Å². The molecule has 5 aromatic rings. The molecule has 0 unspecified atom stereocenters. The van der Waals surface area contributed by atoms with Crippen LogP contribution in [0.15, 0.2) is 69.9 Å². The number of rotatable bonds is 4. The molecule has 2 aromatic carbocycles. The molecule has 0 bridgehead atoms. The van der Waals surface area contributed by atoms with Crippen LogP contribution >= 0.6 is 22.9 Å². The maximum atomic E-state index is 12.8. The van der Waals surface area contributed by atoms with Gasteiger partial charge in [0.1, 0.15) is 16.1 Å². The molecule has 0 aliphatic heterocycles. The van der Waals surface area contributed by atoms with Crippen LogP contribution in [0.25, 0.3) is 33.7 Å². The fourth-order valence-electron chi connectivity index (χ4n) is 3.17. The number of carbonyl (C=O) groups is 1. The highest BCUT2D eigenvalue weighted by atomic mass is 35.5. The maximum Gasteiger partial charge on any atom is 0.291 e. The smallest absolute Gasteiger partial charge is 0.291 e. The van der Waals surface area contributed by atoms with E-state index in [2.05, 4.69) is 10.1 Å². The van der Waals surface area contributed by atoms with Crippen LogP contribution in [0.5, 0.6) is 0 Å². The van der Waals surface area contributed by atoms with Gasteiger partial charge in [-0.25, -0.2) is 0 Å². The molecule has 8 heteroatoms. The lowest BCUT2D eigenvalue weighted by molar-refractivity contribution is 0.101. The van der Waals surface area contributed by atoms with Crippen molar-refractivity contribution in [2.45, 2.75) is 6.92 Å². The number of hydrogen-bond donors (Lipinski definition) is 0. The third kappa shape index (κ3) is 3.69. The number of nitrogens with zero attached hydrogens (tertiary/aromatic N) is 3. The Hall–Kier alpha value is -3.55. The van der Waals surface area contributed by atoms with Crippen LogP contribution in [0.2, 0.25) is 5.02 Å². The first-order valence-electron chi connectivity index (χ1n) is 9.36. The molecule has 6 nitrogen and oxygen atoms in total. The van der Waals surface area contributed by atoms with E-state index in [1.807, 2.05) is 30.3 Å². The molecule has 152 valence electrons. The fourth-order valence-corrected chi connectivity index (χ4v) is 4.25. The zero-order chi connectivity index (χ0) is 21.5. The Kier molecular flexibility index (Phi) is 4.77. The van der Waals surface area contributed by atoms with E-state index in [0.717, 1.165) is 11.1 Å². The van der Waals surface area contributed by atoms with Crippen LogP contribution in [0.1, 0.15) is 23.0 Å². The number of ketones is 1. The zero-order valence-corrected chi connectivity index (χ0v) is 17.8. The molecule has 0 amide bonds. The Morgan fingerprint density at radius 2 is 1.90 bits per heavy atom. The zero-order valence-electron chi connectivity index (χ0n) is 16.2. The summed E-state index contributed by atoms with van der Waals surface area (Å²) in [4.78, 5) is 29.1. The van der Waals surface area contributed by atoms with Crippen LogP contribution in [-0.4, -0.2) is 20.4 Å². The first kappa shape index (κ1) is 19.4. The highest BCUT2D eigenvalue weighted by Gasteiger charge is 2.13. The fraction of sp³-hybridized carbons (Fsp3) is 0.0435. The Morgan fingerprint density at radius 3 is 2.61 bits per heavy atom. The average Bonchev–Trinajstić information content (AvgIpc) is 3.46. The number of carbonyl (C=O) groups excluding carboxylic acids is 1. The van der Waals surface area contributed by atoms with Crippen LogP contribution in [-0.2, 0) is 0 Å². The van der Waals surface area contributed by atoms with Crippen LogP contribution in [0.3, 0.4) is 0 Å². The van der Waals surface area contributed by atoms with E-state index in [-0.39, 0.29) is 11.3 Å². The molecule has 0 N–H and O–H groups in total. The number of hydrogen-bond acceptors (Lipinski definition) is 6. The van der Waals surface area contributed by atoms with Gasteiger partial charge < -0.3 is 4.42 Å². The number of Topliss-reactive ketones (excluding diaryl/α,β-unsaturated/α-hetero) is 1. The summed E-state index contributed by atoms with van der Waals surface area (Å²) in [5.41, 5.74) is 1.98. The van der Waals surface area contributed by atoms with Gasteiger partial charge in [-0.15, -0.1) is 5.10 Å². The molecule has 0 radical (unpaired) electrons. The predicted molar refractivity (Wildman–Crippen MR) is 121 cm³/mol.